The summed E-state index contributed by atoms with van der Waals surface area (Å²) in [6.07, 6.45) is 3.96. The van der Waals surface area contributed by atoms with Crippen LogP contribution >= 0.6 is 0 Å². The summed E-state index contributed by atoms with van der Waals surface area (Å²) >= 11 is 0. The van der Waals surface area contributed by atoms with Gasteiger partial charge in [-0.2, -0.15) is 0 Å². The van der Waals surface area contributed by atoms with Gasteiger partial charge in [0.1, 0.15) is 6.04 Å². The normalized spacial score (nSPS) is 23.5. The Labute approximate surface area is 172 Å². The van der Waals surface area contributed by atoms with Gasteiger partial charge in [0, 0.05) is 24.4 Å². The van der Waals surface area contributed by atoms with E-state index in [9.17, 15) is 9.59 Å². The number of rotatable bonds is 4. The molecule has 1 aliphatic heterocycles. The third-order valence-corrected chi connectivity index (χ3v) is 6.26. The van der Waals surface area contributed by atoms with Crippen molar-refractivity contribution in [2.45, 2.75) is 51.2 Å². The lowest BCUT2D eigenvalue weighted by Crippen LogP contribution is -2.52. The van der Waals surface area contributed by atoms with Gasteiger partial charge in [-0.05, 0) is 62.3 Å². The van der Waals surface area contributed by atoms with E-state index in [0.29, 0.717) is 6.42 Å². The van der Waals surface area contributed by atoms with Crippen LogP contribution in [0.2, 0.25) is 0 Å². The predicted molar refractivity (Wildman–Crippen MR) is 114 cm³/mol. The quantitative estimate of drug-likeness (QED) is 0.852. The molecule has 29 heavy (non-hydrogen) atoms. The van der Waals surface area contributed by atoms with Crippen LogP contribution in [0, 0.1) is 12.8 Å². The predicted octanol–water partition coefficient (Wildman–Crippen LogP) is 4.10. The van der Waals surface area contributed by atoms with Gasteiger partial charge in [0.25, 0.3) is 0 Å². The first-order valence-electron chi connectivity index (χ1n) is 10.4. The molecule has 3 unspecified atom stereocenters. The molecule has 2 aliphatic rings. The van der Waals surface area contributed by atoms with E-state index < -0.39 is 6.04 Å². The van der Waals surface area contributed by atoms with E-state index in [1.54, 1.807) is 12.0 Å². The minimum atomic E-state index is -0.501. The van der Waals surface area contributed by atoms with Crippen molar-refractivity contribution >= 4 is 23.2 Å². The lowest BCUT2D eigenvalue weighted by molar-refractivity contribution is -0.126. The highest BCUT2D eigenvalue weighted by Gasteiger charge is 2.40. The van der Waals surface area contributed by atoms with Gasteiger partial charge < -0.3 is 10.1 Å². The summed E-state index contributed by atoms with van der Waals surface area (Å²) in [6.45, 7) is 1.97. The smallest absolute Gasteiger partial charge is 0.247 e. The number of anilines is 2. The van der Waals surface area contributed by atoms with Gasteiger partial charge in [0.05, 0.1) is 6.10 Å². The van der Waals surface area contributed by atoms with Crippen molar-refractivity contribution in [3.8, 4) is 0 Å². The second-order valence-electron chi connectivity index (χ2n) is 8.06. The molecule has 0 saturated heterocycles. The summed E-state index contributed by atoms with van der Waals surface area (Å²) < 4.78 is 5.46. The fourth-order valence-corrected chi connectivity index (χ4v) is 4.57. The number of carbonyl (C=O) groups excluding carboxylic acids is 2. The zero-order chi connectivity index (χ0) is 20.4. The topological polar surface area (TPSA) is 58.6 Å². The van der Waals surface area contributed by atoms with E-state index in [0.717, 1.165) is 48.2 Å². The number of benzene rings is 2. The van der Waals surface area contributed by atoms with Gasteiger partial charge in [-0.3, -0.25) is 14.5 Å². The Kier molecular flexibility index (Phi) is 5.67. The second kappa shape index (κ2) is 8.37. The molecule has 1 saturated carbocycles. The number of methoxy groups -OCH3 is 1. The van der Waals surface area contributed by atoms with Crippen LogP contribution in [-0.2, 0) is 20.7 Å². The van der Waals surface area contributed by atoms with Crippen molar-refractivity contribution in [3.05, 3.63) is 59.7 Å². The minimum Gasteiger partial charge on any atom is -0.381 e. The van der Waals surface area contributed by atoms with Crippen LogP contribution in [0.4, 0.5) is 11.4 Å². The maximum atomic E-state index is 13.5. The Bertz CT molecular complexity index is 911. The Hall–Kier alpha value is -2.66. The largest absolute Gasteiger partial charge is 0.381 e. The average molecular weight is 392 g/mol. The number of ether oxygens (including phenoxy) is 1. The highest BCUT2D eigenvalue weighted by molar-refractivity contribution is 6.06. The van der Waals surface area contributed by atoms with Crippen molar-refractivity contribution < 1.29 is 14.3 Å². The standard InChI is InChI=1S/C24H28N2O3/c1-16-7-3-5-9-20(16)25-23(27)22-14-12-17-8-4-6-10-21(17)26(22)24(28)18-11-13-19(15-18)29-2/h3-10,18-19,22H,11-15H2,1-2H3,(H,25,27). The summed E-state index contributed by atoms with van der Waals surface area (Å²) in [5.41, 5.74) is 3.80. The second-order valence-corrected chi connectivity index (χ2v) is 8.06. The lowest BCUT2D eigenvalue weighted by atomic mass is 9.92. The summed E-state index contributed by atoms with van der Waals surface area (Å²) in [5.74, 6) is -0.176. The molecule has 4 rings (SSSR count). The van der Waals surface area contributed by atoms with Crippen molar-refractivity contribution in [2.24, 2.45) is 5.92 Å². The van der Waals surface area contributed by atoms with Crippen LogP contribution in [0.1, 0.15) is 36.8 Å². The summed E-state index contributed by atoms with van der Waals surface area (Å²) in [6, 6.07) is 15.2. The first-order chi connectivity index (χ1) is 14.1. The molecule has 0 radical (unpaired) electrons. The van der Waals surface area contributed by atoms with Crippen molar-refractivity contribution in [3.63, 3.8) is 0 Å². The molecule has 2 amide bonds. The van der Waals surface area contributed by atoms with Gasteiger partial charge in [0.15, 0.2) is 0 Å². The molecular formula is C24H28N2O3. The molecule has 0 aromatic heterocycles. The molecule has 1 heterocycles. The fraction of sp³-hybridized carbons (Fsp3) is 0.417. The van der Waals surface area contributed by atoms with E-state index >= 15 is 0 Å². The minimum absolute atomic E-state index is 0.0432. The first-order valence-corrected chi connectivity index (χ1v) is 10.4. The molecule has 1 fully saturated rings. The third kappa shape index (κ3) is 3.92. The molecule has 3 atom stereocenters. The average Bonchev–Trinajstić information content (AvgIpc) is 3.23. The molecule has 0 bridgehead atoms. The van der Waals surface area contributed by atoms with Crippen molar-refractivity contribution in [1.29, 1.82) is 0 Å². The maximum absolute atomic E-state index is 13.5. The first kappa shape index (κ1) is 19.6. The van der Waals surface area contributed by atoms with E-state index in [4.69, 9.17) is 4.74 Å². The molecule has 1 aliphatic carbocycles. The van der Waals surface area contributed by atoms with Gasteiger partial charge in [-0.25, -0.2) is 0 Å². The number of para-hydroxylation sites is 2. The van der Waals surface area contributed by atoms with E-state index in [2.05, 4.69) is 11.4 Å². The number of hydrogen-bond donors (Lipinski definition) is 1. The molecule has 2 aromatic rings. The van der Waals surface area contributed by atoms with Crippen LogP contribution in [0.15, 0.2) is 48.5 Å². The Morgan fingerprint density at radius 1 is 1.03 bits per heavy atom. The number of aryl methyl sites for hydroxylation is 2. The monoisotopic (exact) mass is 392 g/mol. The number of nitrogens with zero attached hydrogens (tertiary/aromatic N) is 1. The number of fused-ring (bicyclic) bond motifs is 1. The number of nitrogens with one attached hydrogen (secondary N) is 1. The Balaban J connectivity index is 1.62. The highest BCUT2D eigenvalue weighted by Crippen LogP contribution is 2.36. The van der Waals surface area contributed by atoms with Crippen molar-refractivity contribution in [2.75, 3.05) is 17.3 Å². The molecular weight excluding hydrogens is 364 g/mol. The van der Waals surface area contributed by atoms with E-state index in [1.807, 2.05) is 49.4 Å². The molecule has 5 nitrogen and oxygen atoms in total. The molecule has 5 heteroatoms. The summed E-state index contributed by atoms with van der Waals surface area (Å²) in [7, 11) is 1.70. The fourth-order valence-electron chi connectivity index (χ4n) is 4.57. The highest BCUT2D eigenvalue weighted by atomic mass is 16.5. The number of amides is 2. The maximum Gasteiger partial charge on any atom is 0.247 e. The van der Waals surface area contributed by atoms with Gasteiger partial charge in [0.2, 0.25) is 11.8 Å². The summed E-state index contributed by atoms with van der Waals surface area (Å²) in [5, 5.41) is 3.05. The molecule has 152 valence electrons. The van der Waals surface area contributed by atoms with Gasteiger partial charge in [-0.15, -0.1) is 0 Å². The summed E-state index contributed by atoms with van der Waals surface area (Å²) in [4.78, 5) is 28.6. The van der Waals surface area contributed by atoms with E-state index in [-0.39, 0.29) is 23.8 Å². The van der Waals surface area contributed by atoms with Gasteiger partial charge >= 0.3 is 0 Å². The third-order valence-electron chi connectivity index (χ3n) is 6.26. The van der Waals surface area contributed by atoms with Crippen LogP contribution < -0.4 is 10.2 Å². The van der Waals surface area contributed by atoms with E-state index in [1.165, 1.54) is 0 Å². The molecule has 1 N–H and O–H groups in total. The Morgan fingerprint density at radius 2 is 1.79 bits per heavy atom. The number of hydrogen-bond acceptors (Lipinski definition) is 3. The van der Waals surface area contributed by atoms with Crippen LogP contribution in [0.5, 0.6) is 0 Å². The Morgan fingerprint density at radius 3 is 2.55 bits per heavy atom. The molecule has 0 spiro atoms. The number of carbonyl (C=O) groups is 2. The zero-order valence-electron chi connectivity index (χ0n) is 17.1. The van der Waals surface area contributed by atoms with Crippen molar-refractivity contribution in [1.82, 2.24) is 0 Å². The van der Waals surface area contributed by atoms with Gasteiger partial charge in [-0.1, -0.05) is 36.4 Å². The molecule has 2 aromatic carbocycles. The SMILES string of the molecule is COC1CCC(C(=O)N2c3ccccc3CCC2C(=O)Nc2ccccc2C)C1. The lowest BCUT2D eigenvalue weighted by Gasteiger charge is -2.37. The van der Waals surface area contributed by atoms with Crippen LogP contribution in [0.3, 0.4) is 0 Å². The zero-order valence-corrected chi connectivity index (χ0v) is 17.1. The van der Waals surface area contributed by atoms with Crippen LogP contribution in [0.25, 0.3) is 0 Å². The van der Waals surface area contributed by atoms with Crippen LogP contribution in [-0.4, -0.2) is 31.1 Å².